The van der Waals surface area contributed by atoms with Crippen LogP contribution in [0.15, 0.2) is 30.3 Å². The van der Waals surface area contributed by atoms with Crippen LogP contribution < -0.4 is 0 Å². The second-order valence-electron chi connectivity index (χ2n) is 4.03. The number of amides is 1. The molecular weight excluding hydrogens is 198 g/mol. The fourth-order valence-electron chi connectivity index (χ4n) is 2.14. The number of benzene rings is 1. The molecule has 0 aromatic heterocycles. The van der Waals surface area contributed by atoms with Crippen molar-refractivity contribution in [3.63, 3.8) is 0 Å². The molecular formula is C14H17NO. The Bertz CT molecular complexity index is 434. The van der Waals surface area contributed by atoms with Crippen LogP contribution in [0.3, 0.4) is 0 Å². The van der Waals surface area contributed by atoms with E-state index in [4.69, 9.17) is 0 Å². The molecule has 1 aliphatic heterocycles. The van der Waals surface area contributed by atoms with Crippen LogP contribution in [0.2, 0.25) is 0 Å². The zero-order valence-corrected chi connectivity index (χ0v) is 9.86. The number of rotatable bonds is 3. The molecule has 1 aliphatic rings. The van der Waals surface area contributed by atoms with Crippen LogP contribution >= 0.6 is 0 Å². The van der Waals surface area contributed by atoms with Gasteiger partial charge in [-0.15, -0.1) is 0 Å². The minimum Gasteiger partial charge on any atom is -0.308 e. The molecule has 0 spiro atoms. The molecule has 0 bridgehead atoms. The SMILES string of the molecule is C/C=C1/c2ccccc2C(=O)N1CCCC. The standard InChI is InChI=1S/C14H17NO/c1-3-5-10-15-13(4-2)11-8-6-7-9-12(11)14(15)16/h4,6-9H,3,5,10H2,1-2H3/b13-4-. The van der Waals surface area contributed by atoms with Gasteiger partial charge in [-0.3, -0.25) is 4.79 Å². The van der Waals surface area contributed by atoms with Crippen LogP contribution in [0.5, 0.6) is 0 Å². The molecule has 0 aliphatic carbocycles. The molecule has 2 rings (SSSR count). The maximum absolute atomic E-state index is 12.2. The van der Waals surface area contributed by atoms with Crippen molar-refractivity contribution in [2.75, 3.05) is 6.54 Å². The van der Waals surface area contributed by atoms with E-state index in [0.717, 1.165) is 36.2 Å². The molecule has 0 radical (unpaired) electrons. The van der Waals surface area contributed by atoms with Crippen molar-refractivity contribution in [2.24, 2.45) is 0 Å². The molecule has 16 heavy (non-hydrogen) atoms. The van der Waals surface area contributed by atoms with E-state index in [-0.39, 0.29) is 5.91 Å². The van der Waals surface area contributed by atoms with Gasteiger partial charge in [-0.25, -0.2) is 0 Å². The summed E-state index contributed by atoms with van der Waals surface area (Å²) in [4.78, 5) is 14.1. The molecule has 0 fully saturated rings. The lowest BCUT2D eigenvalue weighted by Crippen LogP contribution is -2.24. The topological polar surface area (TPSA) is 20.3 Å². The van der Waals surface area contributed by atoms with Gasteiger partial charge in [-0.05, 0) is 19.4 Å². The van der Waals surface area contributed by atoms with Gasteiger partial charge in [-0.2, -0.15) is 0 Å². The molecule has 84 valence electrons. The van der Waals surface area contributed by atoms with Crippen molar-refractivity contribution < 1.29 is 4.79 Å². The van der Waals surface area contributed by atoms with Crippen molar-refractivity contribution in [1.82, 2.24) is 4.90 Å². The van der Waals surface area contributed by atoms with Crippen LogP contribution in [-0.4, -0.2) is 17.4 Å². The summed E-state index contributed by atoms with van der Waals surface area (Å²) in [5.41, 5.74) is 2.98. The molecule has 1 amide bonds. The molecule has 0 N–H and O–H groups in total. The Kier molecular flexibility index (Phi) is 3.09. The molecule has 1 aromatic carbocycles. The lowest BCUT2D eigenvalue weighted by Gasteiger charge is -2.17. The number of carbonyl (C=O) groups excluding carboxylic acids is 1. The van der Waals surface area contributed by atoms with E-state index in [2.05, 4.69) is 6.92 Å². The van der Waals surface area contributed by atoms with Crippen LogP contribution in [-0.2, 0) is 0 Å². The Balaban J connectivity index is 2.36. The highest BCUT2D eigenvalue weighted by atomic mass is 16.2. The monoisotopic (exact) mass is 215 g/mol. The van der Waals surface area contributed by atoms with Crippen LogP contribution in [0.1, 0.15) is 42.6 Å². The van der Waals surface area contributed by atoms with Gasteiger partial charge >= 0.3 is 0 Å². The molecule has 2 heteroatoms. The van der Waals surface area contributed by atoms with E-state index in [1.165, 1.54) is 0 Å². The molecule has 0 saturated carbocycles. The first kappa shape index (κ1) is 10.9. The summed E-state index contributed by atoms with van der Waals surface area (Å²) in [5.74, 6) is 0.150. The minimum atomic E-state index is 0.150. The third kappa shape index (κ3) is 1.64. The number of carbonyl (C=O) groups is 1. The van der Waals surface area contributed by atoms with Gasteiger partial charge in [0.15, 0.2) is 0 Å². The number of nitrogens with zero attached hydrogens (tertiary/aromatic N) is 1. The second-order valence-corrected chi connectivity index (χ2v) is 4.03. The van der Waals surface area contributed by atoms with Gasteiger partial charge in [0.2, 0.25) is 0 Å². The van der Waals surface area contributed by atoms with E-state index in [1.54, 1.807) is 0 Å². The van der Waals surface area contributed by atoms with Crippen molar-refractivity contribution in [3.8, 4) is 0 Å². The highest BCUT2D eigenvalue weighted by Gasteiger charge is 2.30. The summed E-state index contributed by atoms with van der Waals surface area (Å²) in [7, 11) is 0. The maximum atomic E-state index is 12.2. The fraction of sp³-hybridized carbons (Fsp3) is 0.357. The molecule has 2 nitrogen and oxygen atoms in total. The van der Waals surface area contributed by atoms with Gasteiger partial charge in [-0.1, -0.05) is 37.6 Å². The first-order valence-corrected chi connectivity index (χ1v) is 5.87. The van der Waals surface area contributed by atoms with Crippen molar-refractivity contribution in [3.05, 3.63) is 41.5 Å². The molecule has 0 atom stereocenters. The average molecular weight is 215 g/mol. The van der Waals surface area contributed by atoms with Gasteiger partial charge < -0.3 is 4.90 Å². The van der Waals surface area contributed by atoms with Gasteiger partial charge in [0.05, 0.1) is 0 Å². The van der Waals surface area contributed by atoms with Gasteiger partial charge in [0, 0.05) is 23.4 Å². The quantitative estimate of drug-likeness (QED) is 0.757. The Hall–Kier alpha value is -1.57. The zero-order valence-electron chi connectivity index (χ0n) is 9.86. The minimum absolute atomic E-state index is 0.150. The summed E-state index contributed by atoms with van der Waals surface area (Å²) >= 11 is 0. The summed E-state index contributed by atoms with van der Waals surface area (Å²) in [5, 5.41) is 0. The Morgan fingerprint density at radius 2 is 1.94 bits per heavy atom. The first-order chi connectivity index (χ1) is 7.79. The number of unbranched alkanes of at least 4 members (excludes halogenated alkanes) is 1. The van der Waals surface area contributed by atoms with E-state index in [1.807, 2.05) is 42.2 Å². The van der Waals surface area contributed by atoms with Crippen LogP contribution in [0.4, 0.5) is 0 Å². The van der Waals surface area contributed by atoms with Crippen molar-refractivity contribution in [2.45, 2.75) is 26.7 Å². The zero-order chi connectivity index (χ0) is 11.5. The largest absolute Gasteiger partial charge is 0.308 e. The van der Waals surface area contributed by atoms with E-state index in [9.17, 15) is 4.79 Å². The third-order valence-corrected chi connectivity index (χ3v) is 2.98. The third-order valence-electron chi connectivity index (χ3n) is 2.98. The maximum Gasteiger partial charge on any atom is 0.258 e. The lowest BCUT2D eigenvalue weighted by molar-refractivity contribution is 0.0849. The van der Waals surface area contributed by atoms with E-state index >= 15 is 0 Å². The fourth-order valence-corrected chi connectivity index (χ4v) is 2.14. The Labute approximate surface area is 96.6 Å². The predicted octanol–water partition coefficient (Wildman–Crippen LogP) is 3.30. The normalized spacial score (nSPS) is 17.0. The second kappa shape index (κ2) is 4.52. The smallest absolute Gasteiger partial charge is 0.258 e. The number of allylic oxidation sites excluding steroid dienone is 1. The van der Waals surface area contributed by atoms with E-state index in [0.29, 0.717) is 0 Å². The highest BCUT2D eigenvalue weighted by Crippen LogP contribution is 2.32. The average Bonchev–Trinajstić information content (AvgIpc) is 2.60. The van der Waals surface area contributed by atoms with E-state index < -0.39 is 0 Å². The summed E-state index contributed by atoms with van der Waals surface area (Å²) in [6.45, 7) is 4.95. The summed E-state index contributed by atoms with van der Waals surface area (Å²) in [6, 6.07) is 7.84. The molecule has 1 heterocycles. The molecule has 1 aromatic rings. The van der Waals surface area contributed by atoms with Crippen LogP contribution in [0.25, 0.3) is 5.70 Å². The van der Waals surface area contributed by atoms with Gasteiger partial charge in [0.25, 0.3) is 5.91 Å². The lowest BCUT2D eigenvalue weighted by atomic mass is 10.1. The van der Waals surface area contributed by atoms with Gasteiger partial charge in [0.1, 0.15) is 0 Å². The first-order valence-electron chi connectivity index (χ1n) is 5.87. The van der Waals surface area contributed by atoms with Crippen molar-refractivity contribution >= 4 is 11.6 Å². The number of hydrogen-bond acceptors (Lipinski definition) is 1. The Morgan fingerprint density at radius 3 is 2.56 bits per heavy atom. The summed E-state index contributed by atoms with van der Waals surface area (Å²) in [6.07, 6.45) is 4.19. The highest BCUT2D eigenvalue weighted by molar-refractivity contribution is 6.09. The predicted molar refractivity (Wildman–Crippen MR) is 66.0 cm³/mol. The van der Waals surface area contributed by atoms with Crippen molar-refractivity contribution in [1.29, 1.82) is 0 Å². The summed E-state index contributed by atoms with van der Waals surface area (Å²) < 4.78 is 0. The molecule has 0 unspecified atom stereocenters. The molecule has 0 saturated heterocycles. The Morgan fingerprint density at radius 1 is 1.25 bits per heavy atom. The number of fused-ring (bicyclic) bond motifs is 1. The number of hydrogen-bond donors (Lipinski definition) is 0. The van der Waals surface area contributed by atoms with Crippen LogP contribution in [0, 0.1) is 0 Å².